The van der Waals surface area contributed by atoms with Crippen LogP contribution in [0.1, 0.15) is 48.6 Å². The number of aromatic nitrogens is 1. The molecule has 0 saturated heterocycles. The van der Waals surface area contributed by atoms with Crippen molar-refractivity contribution in [2.75, 3.05) is 6.61 Å². The van der Waals surface area contributed by atoms with E-state index in [1.165, 1.54) is 0 Å². The van der Waals surface area contributed by atoms with Crippen molar-refractivity contribution >= 4 is 40.1 Å². The Morgan fingerprint density at radius 1 is 1.24 bits per heavy atom. The van der Waals surface area contributed by atoms with Crippen molar-refractivity contribution in [3.8, 4) is 11.8 Å². The van der Waals surface area contributed by atoms with Crippen LogP contribution in [-0.2, 0) is 23.0 Å². The van der Waals surface area contributed by atoms with Gasteiger partial charge in [0.05, 0.1) is 35.3 Å². The van der Waals surface area contributed by atoms with Gasteiger partial charge in [-0.1, -0.05) is 23.2 Å². The number of hydrogen-bond acceptors (Lipinski definition) is 4. The minimum absolute atomic E-state index is 0.0874. The first-order chi connectivity index (χ1) is 15.8. The molecule has 1 saturated carbocycles. The molecule has 1 aromatic heterocycles. The fourth-order valence-corrected chi connectivity index (χ4v) is 5.16. The molecular weight excluding hydrogens is 459 g/mol. The molecule has 0 amide bonds. The van der Waals surface area contributed by atoms with Crippen molar-refractivity contribution in [3.05, 3.63) is 62.8 Å². The lowest BCUT2D eigenvalue weighted by atomic mass is 10.1. The fourth-order valence-electron chi connectivity index (χ4n) is 4.61. The maximum absolute atomic E-state index is 12.0. The predicted octanol–water partition coefficient (Wildman–Crippen LogP) is 6.37. The van der Waals surface area contributed by atoms with E-state index in [1.807, 2.05) is 33.0 Å². The van der Waals surface area contributed by atoms with Crippen molar-refractivity contribution in [1.82, 2.24) is 4.57 Å². The third-order valence-corrected chi connectivity index (χ3v) is 7.17. The largest absolute Gasteiger partial charge is 0.489 e. The number of hydrogen-bond donors (Lipinski definition) is 0. The maximum Gasteiger partial charge on any atom is 0.309 e. The number of halogens is 2. The summed E-state index contributed by atoms with van der Waals surface area (Å²) in [5.74, 6) is 0.294. The summed E-state index contributed by atoms with van der Waals surface area (Å²) in [5.41, 5.74) is 4.51. The van der Waals surface area contributed by atoms with Crippen LogP contribution in [0.3, 0.4) is 0 Å². The minimum atomic E-state index is -0.155. The second kappa shape index (κ2) is 9.67. The highest BCUT2D eigenvalue weighted by Crippen LogP contribution is 2.39. The summed E-state index contributed by atoms with van der Waals surface area (Å²) in [5, 5.41) is 11.5. The molecule has 5 nitrogen and oxygen atoms in total. The summed E-state index contributed by atoms with van der Waals surface area (Å²) in [6, 6.07) is 11.7. The Balaban J connectivity index is 1.58. The van der Waals surface area contributed by atoms with Crippen molar-refractivity contribution in [2.45, 2.75) is 45.6 Å². The molecule has 0 spiro atoms. The number of esters is 1. The molecule has 2 atom stereocenters. The highest BCUT2D eigenvalue weighted by Gasteiger charge is 2.32. The number of carbonyl (C=O) groups excluding carboxylic acids is 1. The van der Waals surface area contributed by atoms with Crippen LogP contribution in [-0.4, -0.2) is 23.2 Å². The number of nitriles is 1. The van der Waals surface area contributed by atoms with Gasteiger partial charge in [-0.05, 0) is 74.6 Å². The molecule has 0 N–H and O–H groups in total. The topological polar surface area (TPSA) is 64.2 Å². The molecule has 1 aliphatic rings. The summed E-state index contributed by atoms with van der Waals surface area (Å²) >= 11 is 13.3. The molecule has 0 radical (unpaired) electrons. The summed E-state index contributed by atoms with van der Waals surface area (Å²) < 4.78 is 13.4. The van der Waals surface area contributed by atoms with E-state index in [1.54, 1.807) is 12.1 Å². The zero-order valence-corrected chi connectivity index (χ0v) is 20.5. The van der Waals surface area contributed by atoms with Gasteiger partial charge in [0, 0.05) is 35.1 Å². The third-order valence-electron chi connectivity index (χ3n) is 6.40. The summed E-state index contributed by atoms with van der Waals surface area (Å²) in [6.07, 6.45) is 2.59. The zero-order valence-electron chi connectivity index (χ0n) is 19.0. The van der Waals surface area contributed by atoms with Gasteiger partial charge >= 0.3 is 5.97 Å². The molecular formula is C26H26Cl2N2O3. The van der Waals surface area contributed by atoms with Gasteiger partial charge in [-0.15, -0.1) is 0 Å². The van der Waals surface area contributed by atoms with E-state index in [9.17, 15) is 10.1 Å². The Morgan fingerprint density at radius 3 is 2.76 bits per heavy atom. The smallest absolute Gasteiger partial charge is 0.309 e. The summed E-state index contributed by atoms with van der Waals surface area (Å²) in [7, 11) is 1.98. The number of ether oxygens (including phenoxy) is 2. The van der Waals surface area contributed by atoms with Crippen LogP contribution >= 0.6 is 23.2 Å². The lowest BCUT2D eigenvalue weighted by molar-refractivity contribution is -0.147. The zero-order chi connectivity index (χ0) is 23.7. The van der Waals surface area contributed by atoms with Crippen LogP contribution < -0.4 is 4.74 Å². The number of nitrogens with zero attached hydrogens (tertiary/aromatic N) is 2. The molecule has 1 fully saturated rings. The van der Waals surface area contributed by atoms with Gasteiger partial charge in [0.25, 0.3) is 0 Å². The number of carbonyl (C=O) groups is 1. The normalized spacial score (nSPS) is 17.8. The Bertz CT molecular complexity index is 1260. The Morgan fingerprint density at radius 2 is 2.03 bits per heavy atom. The van der Waals surface area contributed by atoms with Crippen LogP contribution in [0.5, 0.6) is 5.75 Å². The molecule has 33 heavy (non-hydrogen) atoms. The van der Waals surface area contributed by atoms with E-state index < -0.39 is 0 Å². The van der Waals surface area contributed by atoms with Crippen molar-refractivity contribution in [3.63, 3.8) is 0 Å². The van der Waals surface area contributed by atoms with Crippen molar-refractivity contribution < 1.29 is 14.3 Å². The van der Waals surface area contributed by atoms with Gasteiger partial charge in [-0.3, -0.25) is 4.79 Å². The SMILES string of the molecule is CCOC(=O)[C@H]1CC[C@H](Oc2ccc(Cl)c(Cc3cc4c(C)cc(C#N)cc4n3C)c2Cl)C1. The van der Waals surface area contributed by atoms with Crippen molar-refractivity contribution in [2.24, 2.45) is 13.0 Å². The Kier molecular flexibility index (Phi) is 6.88. The van der Waals surface area contributed by atoms with Gasteiger partial charge in [-0.25, -0.2) is 0 Å². The minimum Gasteiger partial charge on any atom is -0.489 e. The van der Waals surface area contributed by atoms with E-state index in [2.05, 4.69) is 16.7 Å². The van der Waals surface area contributed by atoms with Crippen LogP contribution in [0.4, 0.5) is 0 Å². The monoisotopic (exact) mass is 484 g/mol. The first-order valence-corrected chi connectivity index (χ1v) is 11.9. The molecule has 0 aliphatic heterocycles. The van der Waals surface area contributed by atoms with Gasteiger partial charge in [0.15, 0.2) is 0 Å². The first-order valence-electron chi connectivity index (χ1n) is 11.1. The van der Waals surface area contributed by atoms with Crippen molar-refractivity contribution in [1.29, 1.82) is 5.26 Å². The van der Waals surface area contributed by atoms with Crippen LogP contribution in [0.15, 0.2) is 30.3 Å². The van der Waals surface area contributed by atoms with Crippen LogP contribution in [0.2, 0.25) is 10.0 Å². The van der Waals surface area contributed by atoms with Crippen LogP contribution in [0.25, 0.3) is 10.9 Å². The second-order valence-corrected chi connectivity index (χ2v) is 9.33. The number of aryl methyl sites for hydroxylation is 2. The first kappa shape index (κ1) is 23.5. The molecule has 0 bridgehead atoms. The average molecular weight is 485 g/mol. The Hall–Kier alpha value is -2.68. The van der Waals surface area contributed by atoms with E-state index in [-0.39, 0.29) is 18.0 Å². The number of rotatable bonds is 6. The third kappa shape index (κ3) is 4.69. The molecule has 0 unspecified atom stereocenters. The van der Waals surface area contributed by atoms with E-state index in [0.29, 0.717) is 40.8 Å². The average Bonchev–Trinajstić information content (AvgIpc) is 3.38. The summed E-state index contributed by atoms with van der Waals surface area (Å²) in [4.78, 5) is 12.0. The maximum atomic E-state index is 12.0. The van der Waals surface area contributed by atoms with Gasteiger partial charge in [0.2, 0.25) is 0 Å². The molecule has 7 heteroatoms. The van der Waals surface area contributed by atoms with E-state index in [4.69, 9.17) is 32.7 Å². The highest BCUT2D eigenvalue weighted by molar-refractivity contribution is 6.37. The van der Waals surface area contributed by atoms with Gasteiger partial charge in [-0.2, -0.15) is 5.26 Å². The number of benzene rings is 2. The van der Waals surface area contributed by atoms with Gasteiger partial charge < -0.3 is 14.0 Å². The van der Waals surface area contributed by atoms with Gasteiger partial charge in [0.1, 0.15) is 5.75 Å². The summed E-state index contributed by atoms with van der Waals surface area (Å²) in [6.45, 7) is 4.21. The lowest BCUT2D eigenvalue weighted by Gasteiger charge is -2.18. The second-order valence-electron chi connectivity index (χ2n) is 8.55. The Labute approximate surface area is 203 Å². The highest BCUT2D eigenvalue weighted by atomic mass is 35.5. The lowest BCUT2D eigenvalue weighted by Crippen LogP contribution is -2.18. The number of fused-ring (bicyclic) bond motifs is 1. The quantitative estimate of drug-likeness (QED) is 0.381. The standard InChI is InChI=1S/C26H26Cl2N2O3/c1-4-32-26(31)17-5-6-19(11-17)33-24-8-7-22(27)21(25(24)28)13-18-12-20-15(2)9-16(14-29)10-23(20)30(18)3/h7-10,12,17,19H,4-6,11,13H2,1-3H3/t17-,19-/m0/s1. The van der Waals surface area contributed by atoms with E-state index >= 15 is 0 Å². The molecule has 4 rings (SSSR count). The molecule has 1 aliphatic carbocycles. The predicted molar refractivity (Wildman–Crippen MR) is 130 cm³/mol. The fraction of sp³-hybridized carbons (Fsp3) is 0.385. The molecule has 3 aromatic rings. The molecule has 172 valence electrons. The van der Waals surface area contributed by atoms with Crippen LogP contribution in [0, 0.1) is 24.2 Å². The molecule has 1 heterocycles. The molecule has 2 aromatic carbocycles. The van der Waals surface area contributed by atoms with E-state index in [0.717, 1.165) is 40.6 Å².